The molecule has 0 aliphatic rings. The van der Waals surface area contributed by atoms with Crippen molar-refractivity contribution in [2.75, 3.05) is 0 Å². The van der Waals surface area contributed by atoms with Crippen molar-refractivity contribution in [3.8, 4) is 0 Å². The van der Waals surface area contributed by atoms with Crippen molar-refractivity contribution in [1.29, 1.82) is 0 Å². The molecule has 0 aliphatic heterocycles. The van der Waals surface area contributed by atoms with E-state index in [2.05, 4.69) is 0 Å². The van der Waals surface area contributed by atoms with Gasteiger partial charge >= 0.3 is 18.5 Å². The summed E-state index contributed by atoms with van der Waals surface area (Å²) in [6.45, 7) is 1.04. The zero-order valence-corrected chi connectivity index (χ0v) is 21.8. The van der Waals surface area contributed by atoms with Crippen molar-refractivity contribution in [1.82, 2.24) is 10.6 Å². The highest BCUT2D eigenvalue weighted by molar-refractivity contribution is 6.35. The predicted octanol–water partition coefficient (Wildman–Crippen LogP) is 8.34. The lowest BCUT2D eigenvalue weighted by Crippen LogP contribution is -2.46. The van der Waals surface area contributed by atoms with Gasteiger partial charge in [0.25, 0.3) is 5.91 Å². The van der Waals surface area contributed by atoms with Crippen LogP contribution in [0, 0.1) is 5.82 Å². The number of hydrogen-bond donors (Lipinski definition) is 2. The number of alkyl halides is 9. The Bertz CT molecular complexity index is 1300. The lowest BCUT2D eigenvalue weighted by atomic mass is 9.95. The topological polar surface area (TPSA) is 58.2 Å². The lowest BCUT2D eigenvalue weighted by Gasteiger charge is -2.20. The smallest absolute Gasteiger partial charge is 0.336 e. The van der Waals surface area contributed by atoms with Gasteiger partial charge in [-0.2, -0.15) is 39.5 Å². The summed E-state index contributed by atoms with van der Waals surface area (Å²) in [5, 5.41) is 2.20. The second-order valence-electron chi connectivity index (χ2n) is 8.47. The van der Waals surface area contributed by atoms with Gasteiger partial charge < -0.3 is 10.6 Å². The number of allylic oxidation sites excluding steroid dienone is 1. The number of halogens is 13. The minimum Gasteiger partial charge on any atom is -0.336 e. The molecule has 2 atom stereocenters. The molecule has 1 unspecified atom stereocenters. The summed E-state index contributed by atoms with van der Waals surface area (Å²) in [5.74, 6) is -8.53. The molecule has 0 bridgehead atoms. The van der Waals surface area contributed by atoms with Crippen molar-refractivity contribution in [3.05, 3.63) is 74.5 Å². The number of nitrogens with one attached hydrogen (secondary N) is 2. The van der Waals surface area contributed by atoms with Gasteiger partial charge in [-0.05, 0) is 42.8 Å². The molecular weight excluding hydrogens is 628 g/mol. The van der Waals surface area contributed by atoms with Crippen LogP contribution in [0.5, 0.6) is 0 Å². The molecular formula is C24H17Cl2F11N2O2. The van der Waals surface area contributed by atoms with E-state index in [4.69, 9.17) is 23.2 Å². The van der Waals surface area contributed by atoms with Crippen LogP contribution in [0.3, 0.4) is 0 Å². The minimum atomic E-state index is -5.33. The summed E-state index contributed by atoms with van der Waals surface area (Å²) >= 11 is 11.0. The first kappa shape index (κ1) is 34.1. The first-order valence-corrected chi connectivity index (χ1v) is 11.8. The SMILES string of the molecule is C[C@H](NC(=O)CCC(F)(F)F)NC(=O)c1ccc(/C(F)=C/C(c2cc(Cl)c(F)c(Cl)c2)C(F)(F)F)cc1C(F)(F)F. The van der Waals surface area contributed by atoms with Crippen molar-refractivity contribution < 1.29 is 57.9 Å². The van der Waals surface area contributed by atoms with Crippen LogP contribution in [-0.2, 0) is 11.0 Å². The quantitative estimate of drug-likeness (QED) is 0.172. The lowest BCUT2D eigenvalue weighted by molar-refractivity contribution is -0.144. The second kappa shape index (κ2) is 12.8. The van der Waals surface area contributed by atoms with Crippen molar-refractivity contribution in [2.24, 2.45) is 0 Å². The molecule has 0 aliphatic carbocycles. The maximum absolute atomic E-state index is 14.9. The van der Waals surface area contributed by atoms with Crippen molar-refractivity contribution >= 4 is 40.8 Å². The highest BCUT2D eigenvalue weighted by Crippen LogP contribution is 2.41. The summed E-state index contributed by atoms with van der Waals surface area (Å²) < 4.78 is 147. The summed E-state index contributed by atoms with van der Waals surface area (Å²) in [4.78, 5) is 24.0. The van der Waals surface area contributed by atoms with E-state index in [-0.39, 0.29) is 12.1 Å². The molecule has 0 fully saturated rings. The fraction of sp³-hybridized carbons (Fsp3) is 0.333. The highest BCUT2D eigenvalue weighted by atomic mass is 35.5. The van der Waals surface area contributed by atoms with Gasteiger partial charge in [0.2, 0.25) is 5.91 Å². The summed E-state index contributed by atoms with van der Waals surface area (Å²) in [6, 6.07) is 2.12. The van der Waals surface area contributed by atoms with Gasteiger partial charge in [0.05, 0.1) is 33.8 Å². The van der Waals surface area contributed by atoms with Gasteiger partial charge in [0.15, 0.2) is 5.82 Å². The molecule has 0 saturated heterocycles. The van der Waals surface area contributed by atoms with Crippen LogP contribution in [0.25, 0.3) is 5.83 Å². The fourth-order valence-corrected chi connectivity index (χ4v) is 3.89. The third kappa shape index (κ3) is 9.76. The summed E-state index contributed by atoms with van der Waals surface area (Å²) in [6.07, 6.45) is -19.3. The van der Waals surface area contributed by atoms with Gasteiger partial charge in [-0.25, -0.2) is 8.78 Å². The number of rotatable bonds is 8. The van der Waals surface area contributed by atoms with E-state index in [1.807, 2.05) is 10.6 Å². The van der Waals surface area contributed by atoms with E-state index in [0.29, 0.717) is 24.3 Å². The molecule has 0 aromatic heterocycles. The van der Waals surface area contributed by atoms with Crippen molar-refractivity contribution in [2.45, 2.75) is 50.4 Å². The van der Waals surface area contributed by atoms with Crippen molar-refractivity contribution in [3.63, 3.8) is 0 Å². The van der Waals surface area contributed by atoms with E-state index in [0.717, 1.165) is 6.92 Å². The van der Waals surface area contributed by atoms with E-state index in [1.54, 1.807) is 0 Å². The van der Waals surface area contributed by atoms with Gasteiger partial charge in [-0.3, -0.25) is 9.59 Å². The first-order chi connectivity index (χ1) is 18.6. The van der Waals surface area contributed by atoms with Crippen LogP contribution in [0.1, 0.15) is 52.7 Å². The third-order valence-electron chi connectivity index (χ3n) is 5.24. The molecule has 226 valence electrons. The molecule has 41 heavy (non-hydrogen) atoms. The second-order valence-corrected chi connectivity index (χ2v) is 9.28. The Morgan fingerprint density at radius 3 is 1.98 bits per heavy atom. The van der Waals surface area contributed by atoms with Crippen LogP contribution in [0.15, 0.2) is 36.4 Å². The molecule has 0 radical (unpaired) electrons. The number of hydrogen-bond acceptors (Lipinski definition) is 2. The van der Waals surface area contributed by atoms with Crippen LogP contribution in [0.2, 0.25) is 10.0 Å². The molecule has 17 heteroatoms. The molecule has 2 aromatic carbocycles. The predicted molar refractivity (Wildman–Crippen MR) is 126 cm³/mol. The number of amides is 2. The van der Waals surface area contributed by atoms with Crippen LogP contribution < -0.4 is 10.6 Å². The number of benzene rings is 2. The molecule has 2 amide bonds. The van der Waals surface area contributed by atoms with Crippen LogP contribution >= 0.6 is 23.2 Å². The Kier molecular flexibility index (Phi) is 10.7. The molecule has 2 aromatic rings. The maximum Gasteiger partial charge on any atom is 0.417 e. The zero-order valence-electron chi connectivity index (χ0n) is 20.3. The van der Waals surface area contributed by atoms with Gasteiger partial charge in [0, 0.05) is 12.0 Å². The van der Waals surface area contributed by atoms with Gasteiger partial charge in [-0.1, -0.05) is 29.3 Å². The van der Waals surface area contributed by atoms with Crippen LogP contribution in [-0.4, -0.2) is 30.3 Å². The summed E-state index contributed by atoms with van der Waals surface area (Å²) in [5.41, 5.74) is -4.74. The Labute approximate surface area is 234 Å². The average molecular weight is 645 g/mol. The Hall–Kier alpha value is -3.07. The monoisotopic (exact) mass is 644 g/mol. The number of carbonyl (C=O) groups excluding carboxylic acids is 2. The zero-order chi connectivity index (χ0) is 31.5. The molecule has 4 nitrogen and oxygen atoms in total. The molecule has 2 rings (SSSR count). The van der Waals surface area contributed by atoms with Crippen LogP contribution in [0.4, 0.5) is 48.3 Å². The highest BCUT2D eigenvalue weighted by Gasteiger charge is 2.41. The fourth-order valence-electron chi connectivity index (χ4n) is 3.38. The Balaban J connectivity index is 2.39. The van der Waals surface area contributed by atoms with Gasteiger partial charge in [0.1, 0.15) is 11.7 Å². The van der Waals surface area contributed by atoms with E-state index < -0.39 is 99.2 Å². The van der Waals surface area contributed by atoms with E-state index in [1.165, 1.54) is 0 Å². The molecule has 0 spiro atoms. The van der Waals surface area contributed by atoms with E-state index in [9.17, 15) is 57.9 Å². The average Bonchev–Trinajstić information content (AvgIpc) is 2.82. The Morgan fingerprint density at radius 2 is 1.49 bits per heavy atom. The standard InChI is InChI=1S/C24H17Cl2F11N2O2/c1-10(38-19(40)4-5-22(29,30)31)39-21(41)13-3-2-11(6-15(13)24(35,36)37)18(27)9-14(23(32,33)34)12-7-16(25)20(28)17(26)8-12/h2-3,6-10,14H,4-5H2,1H3,(H,38,40)(H,39,41)/b18-9-/t10-,14?/m1/s1. The minimum absolute atomic E-state index is 0.0609. The van der Waals surface area contributed by atoms with Gasteiger partial charge in [-0.15, -0.1) is 0 Å². The molecule has 0 saturated carbocycles. The molecule has 0 heterocycles. The Morgan fingerprint density at radius 1 is 0.927 bits per heavy atom. The largest absolute Gasteiger partial charge is 0.417 e. The first-order valence-electron chi connectivity index (χ1n) is 11.1. The third-order valence-corrected chi connectivity index (χ3v) is 5.79. The maximum atomic E-state index is 14.9. The molecule has 2 N–H and O–H groups in total. The summed E-state index contributed by atoms with van der Waals surface area (Å²) in [7, 11) is 0. The normalized spacial score (nSPS) is 14.4. The van der Waals surface area contributed by atoms with E-state index >= 15 is 0 Å². The number of carbonyl (C=O) groups is 2.